The van der Waals surface area contributed by atoms with E-state index < -0.39 is 11.8 Å². The van der Waals surface area contributed by atoms with Gasteiger partial charge < -0.3 is 29.6 Å². The first kappa shape index (κ1) is 17.0. The highest BCUT2D eigenvalue weighted by Crippen LogP contribution is 2.34. The average Bonchev–Trinajstić information content (AvgIpc) is 2.93. The molecule has 0 bridgehead atoms. The molecule has 2 unspecified atom stereocenters. The number of β-lactam (4-membered cyclic amide) rings is 1. The fourth-order valence-corrected chi connectivity index (χ4v) is 3.26. The number of hydrogen-bond donors (Lipinski definition) is 1. The second-order valence-corrected chi connectivity index (χ2v) is 6.53. The zero-order valence-electron chi connectivity index (χ0n) is 14.4. The van der Waals surface area contributed by atoms with Crippen molar-refractivity contribution in [1.82, 2.24) is 4.90 Å². The Morgan fingerprint density at radius 3 is 2.67 bits per heavy atom. The predicted molar refractivity (Wildman–Crippen MR) is 86.8 cm³/mol. The fraction of sp³-hybridized carbons (Fsp3) is 0.588. The Kier molecular flexibility index (Phi) is 4.42. The Bertz CT molecular complexity index is 633. The number of nitrogens with zero attached hydrogens (tertiary/aromatic N) is 1. The van der Waals surface area contributed by atoms with Crippen LogP contribution in [0.2, 0.25) is 0 Å². The molecule has 3 rings (SSSR count). The van der Waals surface area contributed by atoms with Crippen LogP contribution in [0.15, 0.2) is 18.2 Å². The molecule has 2 N–H and O–H groups in total. The number of nitrogens with two attached hydrogens (primary N) is 1. The highest BCUT2D eigenvalue weighted by atomic mass is 16.7. The minimum absolute atomic E-state index is 0.0915. The second kappa shape index (κ2) is 6.23. The average molecular weight is 336 g/mol. The van der Waals surface area contributed by atoms with Crippen LogP contribution in [0.5, 0.6) is 11.5 Å². The summed E-state index contributed by atoms with van der Waals surface area (Å²) in [6.07, 6.45) is -0.225. The van der Waals surface area contributed by atoms with E-state index in [0.717, 1.165) is 5.56 Å². The Balaban J connectivity index is 1.77. The van der Waals surface area contributed by atoms with Crippen LogP contribution < -0.4 is 15.2 Å². The molecule has 1 aromatic rings. The van der Waals surface area contributed by atoms with Crippen LogP contribution >= 0.6 is 0 Å². The van der Waals surface area contributed by atoms with E-state index in [2.05, 4.69) is 0 Å². The maximum atomic E-state index is 12.3. The molecule has 132 valence electrons. The van der Waals surface area contributed by atoms with E-state index in [1.54, 1.807) is 25.2 Å². The van der Waals surface area contributed by atoms with Crippen molar-refractivity contribution in [3.05, 3.63) is 23.8 Å². The van der Waals surface area contributed by atoms with Crippen LogP contribution in [-0.4, -0.2) is 55.6 Å². The van der Waals surface area contributed by atoms with Crippen molar-refractivity contribution >= 4 is 5.91 Å². The smallest absolute Gasteiger partial charge is 0.242 e. The fourth-order valence-electron chi connectivity index (χ4n) is 3.26. The van der Waals surface area contributed by atoms with Gasteiger partial charge in [-0.25, -0.2) is 0 Å². The van der Waals surface area contributed by atoms with Gasteiger partial charge in [0.2, 0.25) is 5.91 Å². The molecule has 0 aromatic heterocycles. The summed E-state index contributed by atoms with van der Waals surface area (Å²) in [6, 6.07) is 4.77. The molecule has 24 heavy (non-hydrogen) atoms. The number of carbonyl (C=O) groups excluding carboxylic acids is 1. The van der Waals surface area contributed by atoms with Gasteiger partial charge in [-0.15, -0.1) is 0 Å². The maximum Gasteiger partial charge on any atom is 0.242 e. The Labute approximate surface area is 141 Å². The van der Waals surface area contributed by atoms with Crippen molar-refractivity contribution in [1.29, 1.82) is 0 Å². The van der Waals surface area contributed by atoms with Gasteiger partial charge in [0.25, 0.3) is 0 Å². The predicted octanol–water partition coefficient (Wildman–Crippen LogP) is 0.893. The molecule has 2 heterocycles. The number of amides is 1. The molecule has 7 nitrogen and oxygen atoms in total. The summed E-state index contributed by atoms with van der Waals surface area (Å²) in [5.74, 6) is 0.636. The molecule has 2 aliphatic rings. The summed E-state index contributed by atoms with van der Waals surface area (Å²) < 4.78 is 22.1. The van der Waals surface area contributed by atoms with Crippen molar-refractivity contribution in [2.24, 2.45) is 5.73 Å². The van der Waals surface area contributed by atoms with Crippen molar-refractivity contribution in [2.45, 2.75) is 44.4 Å². The third-order valence-electron chi connectivity index (χ3n) is 4.54. The molecular weight excluding hydrogens is 312 g/mol. The van der Waals surface area contributed by atoms with Crippen molar-refractivity contribution in [3.63, 3.8) is 0 Å². The standard InChI is InChI=1S/C17H24N2O5/c1-17(2)23-9-13(24-17)15-14(18)16(20)19(15)8-10-5-6-11(21-3)7-12(10)22-4/h5-7,13-15H,8-9,18H2,1-4H3/t13-,14?,15?/m0/s1. The molecule has 1 amide bonds. The lowest BCUT2D eigenvalue weighted by molar-refractivity contribution is -0.172. The number of carbonyl (C=O) groups is 1. The number of hydrogen-bond acceptors (Lipinski definition) is 6. The summed E-state index contributed by atoms with van der Waals surface area (Å²) in [5, 5.41) is 0. The molecule has 2 saturated heterocycles. The highest BCUT2D eigenvalue weighted by Gasteiger charge is 2.53. The van der Waals surface area contributed by atoms with Gasteiger partial charge in [0.1, 0.15) is 23.6 Å². The van der Waals surface area contributed by atoms with E-state index in [4.69, 9.17) is 24.7 Å². The summed E-state index contributed by atoms with van der Waals surface area (Å²) in [6.45, 7) is 4.55. The molecule has 2 fully saturated rings. The number of likely N-dealkylation sites (tertiary alicyclic amines) is 1. The molecular formula is C17H24N2O5. The summed E-state index contributed by atoms with van der Waals surface area (Å²) >= 11 is 0. The number of rotatable bonds is 5. The highest BCUT2D eigenvalue weighted by molar-refractivity contribution is 5.89. The summed E-state index contributed by atoms with van der Waals surface area (Å²) in [4.78, 5) is 14.0. The summed E-state index contributed by atoms with van der Waals surface area (Å²) in [5.41, 5.74) is 6.91. The number of ether oxygens (including phenoxy) is 4. The van der Waals surface area contributed by atoms with E-state index in [1.165, 1.54) is 0 Å². The van der Waals surface area contributed by atoms with Crippen LogP contribution in [0, 0.1) is 0 Å². The largest absolute Gasteiger partial charge is 0.497 e. The van der Waals surface area contributed by atoms with Crippen molar-refractivity contribution in [3.8, 4) is 11.5 Å². The maximum absolute atomic E-state index is 12.3. The van der Waals surface area contributed by atoms with Crippen LogP contribution in [0.4, 0.5) is 0 Å². The van der Waals surface area contributed by atoms with Gasteiger partial charge >= 0.3 is 0 Å². The van der Waals surface area contributed by atoms with Gasteiger partial charge in [-0.05, 0) is 26.0 Å². The number of benzene rings is 1. The van der Waals surface area contributed by atoms with Gasteiger partial charge in [0, 0.05) is 18.2 Å². The number of methoxy groups -OCH3 is 2. The van der Waals surface area contributed by atoms with Crippen molar-refractivity contribution < 1.29 is 23.7 Å². The van der Waals surface area contributed by atoms with Crippen LogP contribution in [0.25, 0.3) is 0 Å². The van der Waals surface area contributed by atoms with Crippen LogP contribution in [-0.2, 0) is 20.8 Å². The molecule has 0 spiro atoms. The zero-order chi connectivity index (χ0) is 17.5. The molecule has 3 atom stereocenters. The van der Waals surface area contributed by atoms with E-state index in [-0.39, 0.29) is 18.1 Å². The molecule has 7 heteroatoms. The Morgan fingerprint density at radius 1 is 1.33 bits per heavy atom. The summed E-state index contributed by atoms with van der Waals surface area (Å²) in [7, 11) is 3.19. The monoisotopic (exact) mass is 336 g/mol. The topological polar surface area (TPSA) is 83.3 Å². The molecule has 0 radical (unpaired) electrons. The first-order valence-corrected chi connectivity index (χ1v) is 7.95. The van der Waals surface area contributed by atoms with Crippen LogP contribution in [0.1, 0.15) is 19.4 Å². The minimum atomic E-state index is -0.646. The quantitative estimate of drug-likeness (QED) is 0.804. The van der Waals surface area contributed by atoms with Gasteiger partial charge in [0.15, 0.2) is 5.79 Å². The van der Waals surface area contributed by atoms with E-state index in [9.17, 15) is 4.79 Å². The van der Waals surface area contributed by atoms with Gasteiger partial charge in [-0.3, -0.25) is 4.79 Å². The third kappa shape index (κ3) is 2.94. The van der Waals surface area contributed by atoms with Gasteiger partial charge in [0.05, 0.1) is 26.9 Å². The minimum Gasteiger partial charge on any atom is -0.497 e. The molecule has 2 aliphatic heterocycles. The molecule has 0 saturated carbocycles. The van der Waals surface area contributed by atoms with E-state index >= 15 is 0 Å². The Morgan fingerprint density at radius 2 is 2.08 bits per heavy atom. The third-order valence-corrected chi connectivity index (χ3v) is 4.54. The first-order valence-electron chi connectivity index (χ1n) is 7.95. The van der Waals surface area contributed by atoms with E-state index in [0.29, 0.717) is 24.7 Å². The van der Waals surface area contributed by atoms with Crippen molar-refractivity contribution in [2.75, 3.05) is 20.8 Å². The molecule has 0 aliphatic carbocycles. The van der Waals surface area contributed by atoms with E-state index in [1.807, 2.05) is 26.0 Å². The lowest BCUT2D eigenvalue weighted by atomic mass is 9.90. The SMILES string of the molecule is COc1ccc(CN2C(=O)C(N)C2[C@@H]2COC(C)(C)O2)c(OC)c1. The van der Waals surface area contributed by atoms with Crippen LogP contribution in [0.3, 0.4) is 0 Å². The van der Waals surface area contributed by atoms with Gasteiger partial charge in [-0.1, -0.05) is 0 Å². The first-order chi connectivity index (χ1) is 11.4. The Hall–Kier alpha value is -1.83. The normalized spacial score (nSPS) is 28.6. The lowest BCUT2D eigenvalue weighted by Gasteiger charge is -2.47. The van der Waals surface area contributed by atoms with Gasteiger partial charge in [-0.2, -0.15) is 0 Å². The second-order valence-electron chi connectivity index (χ2n) is 6.53. The zero-order valence-corrected chi connectivity index (χ0v) is 14.4. The molecule has 1 aromatic carbocycles. The lowest BCUT2D eigenvalue weighted by Crippen LogP contribution is -2.72.